The van der Waals surface area contributed by atoms with Crippen LogP contribution in [-0.2, 0) is 9.59 Å². The lowest BCUT2D eigenvalue weighted by Gasteiger charge is -2.35. The van der Waals surface area contributed by atoms with Crippen molar-refractivity contribution in [2.75, 3.05) is 30.8 Å². The van der Waals surface area contributed by atoms with Crippen molar-refractivity contribution in [2.24, 2.45) is 5.92 Å². The third-order valence-corrected chi connectivity index (χ3v) is 5.15. The number of rotatable bonds is 5. The van der Waals surface area contributed by atoms with Gasteiger partial charge in [0.05, 0.1) is 12.8 Å². The average molecular weight is 345 g/mol. The molecule has 2 aliphatic heterocycles. The summed E-state index contributed by atoms with van der Waals surface area (Å²) in [5.74, 6) is 1.30. The van der Waals surface area contributed by atoms with Gasteiger partial charge in [-0.1, -0.05) is 6.92 Å². The highest BCUT2D eigenvalue weighted by Crippen LogP contribution is 2.44. The number of hydrogen-bond acceptors (Lipinski definition) is 4. The van der Waals surface area contributed by atoms with Gasteiger partial charge in [-0.05, 0) is 55.8 Å². The smallest absolute Gasteiger partial charge is 0.225 e. The van der Waals surface area contributed by atoms with E-state index in [1.54, 1.807) is 7.11 Å². The average Bonchev–Trinajstić information content (AvgIpc) is 2.61. The maximum Gasteiger partial charge on any atom is 0.225 e. The lowest BCUT2D eigenvalue weighted by molar-refractivity contribution is -0.117. The number of carbonyl (C=O) groups is 2. The van der Waals surface area contributed by atoms with Crippen LogP contribution in [0.4, 0.5) is 11.4 Å². The van der Waals surface area contributed by atoms with Crippen LogP contribution < -0.4 is 20.7 Å². The van der Waals surface area contributed by atoms with Crippen molar-refractivity contribution in [3.05, 3.63) is 17.7 Å². The maximum absolute atomic E-state index is 12.2. The van der Waals surface area contributed by atoms with Crippen LogP contribution in [0.1, 0.15) is 50.5 Å². The Morgan fingerprint density at radius 2 is 2.08 bits per heavy atom. The topological polar surface area (TPSA) is 79.5 Å². The standard InChI is InChI=1S/C19H27N3O3/c1-3-4-18(23)22-16-9-14-13(12-5-7-20-8-6-12)10-19(24)21-15(14)11-17(16)25-2/h9,11-13,20H,3-8,10H2,1-2H3,(H,21,24)(H,22,23)/t13-/m1/s1. The van der Waals surface area contributed by atoms with E-state index < -0.39 is 0 Å². The van der Waals surface area contributed by atoms with E-state index in [2.05, 4.69) is 16.0 Å². The Balaban J connectivity index is 1.94. The fraction of sp³-hybridized carbons (Fsp3) is 0.579. The van der Waals surface area contributed by atoms with E-state index in [1.165, 1.54) is 0 Å². The van der Waals surface area contributed by atoms with Crippen LogP contribution in [0, 0.1) is 5.92 Å². The van der Waals surface area contributed by atoms with E-state index in [0.717, 1.165) is 43.6 Å². The Morgan fingerprint density at radius 3 is 2.76 bits per heavy atom. The summed E-state index contributed by atoms with van der Waals surface area (Å²) in [5, 5.41) is 9.30. The first-order valence-electron chi connectivity index (χ1n) is 9.14. The first-order chi connectivity index (χ1) is 12.1. The minimum atomic E-state index is -0.0148. The molecule has 1 aromatic carbocycles. The van der Waals surface area contributed by atoms with Gasteiger partial charge >= 0.3 is 0 Å². The highest BCUT2D eigenvalue weighted by atomic mass is 16.5. The molecule has 6 nitrogen and oxygen atoms in total. The van der Waals surface area contributed by atoms with Gasteiger partial charge in [0.15, 0.2) is 0 Å². The predicted molar refractivity (Wildman–Crippen MR) is 98.1 cm³/mol. The van der Waals surface area contributed by atoms with Gasteiger partial charge < -0.3 is 20.7 Å². The van der Waals surface area contributed by atoms with Gasteiger partial charge in [-0.15, -0.1) is 0 Å². The molecule has 2 aliphatic rings. The second-order valence-corrected chi connectivity index (χ2v) is 6.88. The number of piperidine rings is 1. The molecule has 25 heavy (non-hydrogen) atoms. The molecule has 0 saturated carbocycles. The van der Waals surface area contributed by atoms with Gasteiger partial charge in [0, 0.05) is 24.6 Å². The van der Waals surface area contributed by atoms with E-state index in [-0.39, 0.29) is 17.7 Å². The van der Waals surface area contributed by atoms with Gasteiger partial charge in [-0.2, -0.15) is 0 Å². The highest BCUT2D eigenvalue weighted by molar-refractivity contribution is 5.97. The monoisotopic (exact) mass is 345 g/mol. The molecule has 0 spiro atoms. The van der Waals surface area contributed by atoms with E-state index >= 15 is 0 Å². The number of carbonyl (C=O) groups excluding carboxylic acids is 2. The summed E-state index contributed by atoms with van der Waals surface area (Å²) >= 11 is 0. The Labute approximate surface area is 148 Å². The van der Waals surface area contributed by atoms with Gasteiger partial charge in [0.1, 0.15) is 5.75 Å². The number of fused-ring (bicyclic) bond motifs is 1. The molecule has 3 N–H and O–H groups in total. The van der Waals surface area contributed by atoms with Crippen molar-refractivity contribution in [2.45, 2.75) is 44.9 Å². The van der Waals surface area contributed by atoms with Crippen molar-refractivity contribution in [3.63, 3.8) is 0 Å². The molecular formula is C19H27N3O3. The number of ether oxygens (including phenoxy) is 1. The first kappa shape index (κ1) is 17.7. The summed E-state index contributed by atoms with van der Waals surface area (Å²) in [7, 11) is 1.58. The Bertz CT molecular complexity index is 654. The Morgan fingerprint density at radius 1 is 1.32 bits per heavy atom. The van der Waals surface area contributed by atoms with Crippen molar-refractivity contribution >= 4 is 23.2 Å². The van der Waals surface area contributed by atoms with Gasteiger partial charge in [0.25, 0.3) is 0 Å². The molecule has 2 heterocycles. The number of hydrogen-bond donors (Lipinski definition) is 3. The maximum atomic E-state index is 12.2. The Hall–Kier alpha value is -2.08. The zero-order valence-electron chi connectivity index (χ0n) is 15.0. The largest absolute Gasteiger partial charge is 0.494 e. The molecule has 2 amide bonds. The van der Waals surface area contributed by atoms with Crippen LogP contribution >= 0.6 is 0 Å². The number of anilines is 2. The molecule has 1 saturated heterocycles. The molecule has 1 atom stereocenters. The molecule has 0 radical (unpaired) electrons. The lowest BCUT2D eigenvalue weighted by atomic mass is 9.76. The quantitative estimate of drug-likeness (QED) is 0.767. The van der Waals surface area contributed by atoms with E-state index in [4.69, 9.17) is 4.74 Å². The van der Waals surface area contributed by atoms with Crippen LogP contribution in [0.25, 0.3) is 0 Å². The summed E-state index contributed by atoms with van der Waals surface area (Å²) in [6.45, 7) is 3.97. The molecular weight excluding hydrogens is 318 g/mol. The number of benzene rings is 1. The van der Waals surface area contributed by atoms with E-state index in [9.17, 15) is 9.59 Å². The zero-order chi connectivity index (χ0) is 17.8. The van der Waals surface area contributed by atoms with E-state index in [0.29, 0.717) is 30.2 Å². The minimum Gasteiger partial charge on any atom is -0.494 e. The number of amides is 2. The summed E-state index contributed by atoms with van der Waals surface area (Å²) in [5.41, 5.74) is 2.61. The summed E-state index contributed by atoms with van der Waals surface area (Å²) < 4.78 is 5.43. The number of nitrogens with one attached hydrogen (secondary N) is 3. The fourth-order valence-electron chi connectivity index (χ4n) is 3.90. The van der Waals surface area contributed by atoms with Crippen molar-refractivity contribution in [3.8, 4) is 5.75 Å². The second-order valence-electron chi connectivity index (χ2n) is 6.88. The van der Waals surface area contributed by atoms with Crippen molar-refractivity contribution < 1.29 is 14.3 Å². The SMILES string of the molecule is CCCC(=O)Nc1cc2c(cc1OC)NC(=O)C[C@@H]2C1CCNCC1. The van der Waals surface area contributed by atoms with Crippen LogP contribution in [0.5, 0.6) is 5.75 Å². The molecule has 3 rings (SSSR count). The minimum absolute atomic E-state index is 0.0148. The lowest BCUT2D eigenvalue weighted by Crippen LogP contribution is -2.34. The first-order valence-corrected chi connectivity index (χ1v) is 9.14. The molecule has 0 bridgehead atoms. The van der Waals surface area contributed by atoms with E-state index in [1.807, 2.05) is 19.1 Å². The molecule has 6 heteroatoms. The zero-order valence-corrected chi connectivity index (χ0v) is 15.0. The third kappa shape index (κ3) is 3.95. The number of methoxy groups -OCH3 is 1. The van der Waals surface area contributed by atoms with Crippen LogP contribution in [-0.4, -0.2) is 32.0 Å². The van der Waals surface area contributed by atoms with Crippen molar-refractivity contribution in [1.29, 1.82) is 0 Å². The van der Waals surface area contributed by atoms with Gasteiger partial charge in [-0.3, -0.25) is 9.59 Å². The van der Waals surface area contributed by atoms with Crippen LogP contribution in [0.3, 0.4) is 0 Å². The molecule has 0 aliphatic carbocycles. The summed E-state index contributed by atoms with van der Waals surface area (Å²) in [6, 6.07) is 3.83. The summed E-state index contributed by atoms with van der Waals surface area (Å²) in [4.78, 5) is 24.2. The summed E-state index contributed by atoms with van der Waals surface area (Å²) in [6.07, 6.45) is 3.93. The molecule has 0 unspecified atom stereocenters. The van der Waals surface area contributed by atoms with Gasteiger partial charge in [0.2, 0.25) is 11.8 Å². The molecule has 1 aromatic rings. The van der Waals surface area contributed by atoms with Gasteiger partial charge in [-0.25, -0.2) is 0 Å². The molecule has 136 valence electrons. The highest BCUT2D eigenvalue weighted by Gasteiger charge is 2.33. The third-order valence-electron chi connectivity index (χ3n) is 5.15. The fourth-order valence-corrected chi connectivity index (χ4v) is 3.90. The Kier molecular flexibility index (Phi) is 5.58. The molecule has 1 fully saturated rings. The van der Waals surface area contributed by atoms with Crippen molar-refractivity contribution in [1.82, 2.24) is 5.32 Å². The van der Waals surface area contributed by atoms with Crippen LogP contribution in [0.15, 0.2) is 12.1 Å². The molecule has 0 aromatic heterocycles. The second kappa shape index (κ2) is 7.87. The van der Waals surface area contributed by atoms with Crippen LogP contribution in [0.2, 0.25) is 0 Å². The predicted octanol–water partition coefficient (Wildman–Crippen LogP) is 2.86. The normalized spacial score (nSPS) is 20.6.